The Morgan fingerprint density at radius 1 is 0.789 bits per heavy atom. The molecule has 0 unspecified atom stereocenters. The molecule has 0 saturated heterocycles. The van der Waals surface area contributed by atoms with Gasteiger partial charge in [-0.3, -0.25) is 0 Å². The van der Waals surface area contributed by atoms with E-state index >= 15 is 0 Å². The van der Waals surface area contributed by atoms with Crippen LogP contribution in [0.3, 0.4) is 0 Å². The lowest BCUT2D eigenvalue weighted by Crippen LogP contribution is -2.31. The van der Waals surface area contributed by atoms with E-state index in [1.54, 1.807) is 0 Å². The number of hydrogen-bond donors (Lipinski definition) is 2. The van der Waals surface area contributed by atoms with E-state index in [1.807, 2.05) is 6.92 Å². The Balaban J connectivity index is 0. The van der Waals surface area contributed by atoms with Gasteiger partial charge in [-0.15, -0.1) is 12.4 Å². The van der Waals surface area contributed by atoms with E-state index in [2.05, 4.69) is 6.92 Å². The maximum absolute atomic E-state index is 9.54. The van der Waals surface area contributed by atoms with Crippen molar-refractivity contribution in [3.63, 3.8) is 0 Å². The van der Waals surface area contributed by atoms with Crippen molar-refractivity contribution in [2.45, 2.75) is 103 Å². The van der Waals surface area contributed by atoms with Gasteiger partial charge in [-0.05, 0) is 13.3 Å². The summed E-state index contributed by atoms with van der Waals surface area (Å²) in [6.45, 7) is 4.14. The maximum atomic E-state index is 9.54. The molecule has 0 aromatic rings. The molecule has 0 fully saturated rings. The first-order chi connectivity index (χ1) is 8.68. The van der Waals surface area contributed by atoms with E-state index in [-0.39, 0.29) is 24.6 Å². The maximum Gasteiger partial charge on any atom is 0.0688 e. The van der Waals surface area contributed by atoms with Crippen molar-refractivity contribution in [2.75, 3.05) is 0 Å². The van der Waals surface area contributed by atoms with Crippen molar-refractivity contribution in [1.82, 2.24) is 0 Å². The highest BCUT2D eigenvalue weighted by Crippen LogP contribution is 2.12. The largest absolute Gasteiger partial charge is 0.392 e. The van der Waals surface area contributed by atoms with Crippen molar-refractivity contribution >= 4 is 12.4 Å². The molecule has 19 heavy (non-hydrogen) atoms. The zero-order valence-corrected chi connectivity index (χ0v) is 13.9. The quantitative estimate of drug-likeness (QED) is 0.478. The van der Waals surface area contributed by atoms with Crippen molar-refractivity contribution in [3.8, 4) is 0 Å². The van der Waals surface area contributed by atoms with Crippen LogP contribution in [0.2, 0.25) is 0 Å². The second-order valence-electron chi connectivity index (χ2n) is 5.75. The van der Waals surface area contributed by atoms with Gasteiger partial charge in [0.1, 0.15) is 0 Å². The lowest BCUT2D eigenvalue weighted by Gasteiger charge is -2.13. The molecule has 0 rings (SSSR count). The fraction of sp³-hybridized carbons (Fsp3) is 1.00. The van der Waals surface area contributed by atoms with Crippen LogP contribution in [0.1, 0.15) is 90.9 Å². The fourth-order valence-corrected chi connectivity index (χ4v) is 2.28. The molecular formula is C16H36ClNO. The standard InChI is InChI=1S/C16H35NO.ClH/c1-3-4-5-6-7-8-9-10-11-12-13-14-16(18)15(2)17;/h15-16,18H,3-14,17H2,1-2H3;1H/t15-,16+;/m0./s1. The highest BCUT2D eigenvalue weighted by Gasteiger charge is 2.07. The molecule has 118 valence electrons. The summed E-state index contributed by atoms with van der Waals surface area (Å²) in [6.07, 6.45) is 15.4. The summed E-state index contributed by atoms with van der Waals surface area (Å²) < 4.78 is 0. The molecule has 3 heteroatoms. The van der Waals surface area contributed by atoms with Gasteiger partial charge < -0.3 is 10.8 Å². The zero-order valence-electron chi connectivity index (χ0n) is 13.1. The molecule has 2 nitrogen and oxygen atoms in total. The lowest BCUT2D eigenvalue weighted by molar-refractivity contribution is 0.138. The smallest absolute Gasteiger partial charge is 0.0688 e. The average molecular weight is 294 g/mol. The van der Waals surface area contributed by atoms with E-state index in [9.17, 15) is 5.11 Å². The van der Waals surface area contributed by atoms with Gasteiger partial charge in [-0.2, -0.15) is 0 Å². The van der Waals surface area contributed by atoms with Gasteiger partial charge in [-0.1, -0.05) is 77.6 Å². The number of aliphatic hydroxyl groups excluding tert-OH is 1. The SMILES string of the molecule is CCCCCCCCCCCCC[C@@H](O)[C@H](C)N.Cl. The first-order valence-corrected chi connectivity index (χ1v) is 8.12. The second-order valence-corrected chi connectivity index (χ2v) is 5.75. The number of hydrogen-bond acceptors (Lipinski definition) is 2. The fourth-order valence-electron chi connectivity index (χ4n) is 2.28. The Hall–Kier alpha value is 0.210. The van der Waals surface area contributed by atoms with Crippen molar-refractivity contribution in [2.24, 2.45) is 5.73 Å². The summed E-state index contributed by atoms with van der Waals surface area (Å²) in [5.41, 5.74) is 5.62. The van der Waals surface area contributed by atoms with Crippen molar-refractivity contribution in [3.05, 3.63) is 0 Å². The molecule has 2 atom stereocenters. The van der Waals surface area contributed by atoms with Crippen LogP contribution in [0, 0.1) is 0 Å². The van der Waals surface area contributed by atoms with Crippen LogP contribution < -0.4 is 5.73 Å². The first-order valence-electron chi connectivity index (χ1n) is 8.12. The van der Waals surface area contributed by atoms with Gasteiger partial charge in [0.15, 0.2) is 0 Å². The Kier molecular flexibility index (Phi) is 18.4. The Morgan fingerprint density at radius 2 is 1.16 bits per heavy atom. The molecule has 0 spiro atoms. The molecule has 0 aliphatic carbocycles. The first kappa shape index (κ1) is 21.5. The third kappa shape index (κ3) is 16.2. The molecule has 0 aliphatic rings. The Bertz CT molecular complexity index is 165. The molecule has 0 aromatic carbocycles. The summed E-state index contributed by atoms with van der Waals surface area (Å²) in [6, 6.07) is -0.0758. The number of rotatable bonds is 13. The Labute approximate surface area is 127 Å². The van der Waals surface area contributed by atoms with Gasteiger partial charge in [-0.25, -0.2) is 0 Å². The van der Waals surface area contributed by atoms with E-state index in [1.165, 1.54) is 64.2 Å². The van der Waals surface area contributed by atoms with Gasteiger partial charge >= 0.3 is 0 Å². The number of nitrogens with two attached hydrogens (primary N) is 1. The molecule has 0 saturated carbocycles. The minimum atomic E-state index is -0.302. The molecule has 3 N–H and O–H groups in total. The van der Waals surface area contributed by atoms with E-state index in [0.29, 0.717) is 0 Å². The highest BCUT2D eigenvalue weighted by atomic mass is 35.5. The van der Waals surface area contributed by atoms with Crippen LogP contribution >= 0.6 is 12.4 Å². The molecule has 0 aromatic heterocycles. The van der Waals surface area contributed by atoms with E-state index in [0.717, 1.165) is 12.8 Å². The van der Waals surface area contributed by atoms with Crippen LogP contribution in [-0.4, -0.2) is 17.3 Å². The summed E-state index contributed by atoms with van der Waals surface area (Å²) in [4.78, 5) is 0. The zero-order chi connectivity index (χ0) is 13.6. The van der Waals surface area contributed by atoms with Crippen LogP contribution in [0.5, 0.6) is 0 Å². The monoisotopic (exact) mass is 293 g/mol. The van der Waals surface area contributed by atoms with Crippen LogP contribution in [0.25, 0.3) is 0 Å². The van der Waals surface area contributed by atoms with E-state index < -0.39 is 0 Å². The third-order valence-electron chi connectivity index (χ3n) is 3.71. The highest BCUT2D eigenvalue weighted by molar-refractivity contribution is 5.85. The number of aliphatic hydroxyl groups is 1. The second kappa shape index (κ2) is 16.3. The number of unbranched alkanes of at least 4 members (excludes halogenated alkanes) is 10. The molecule has 0 aliphatic heterocycles. The molecule has 0 heterocycles. The van der Waals surface area contributed by atoms with Gasteiger partial charge in [0.25, 0.3) is 0 Å². The Morgan fingerprint density at radius 3 is 1.53 bits per heavy atom. The van der Waals surface area contributed by atoms with Crippen LogP contribution in [0.4, 0.5) is 0 Å². The van der Waals surface area contributed by atoms with Gasteiger partial charge in [0, 0.05) is 6.04 Å². The van der Waals surface area contributed by atoms with Crippen LogP contribution in [-0.2, 0) is 0 Å². The van der Waals surface area contributed by atoms with Gasteiger partial charge in [0.2, 0.25) is 0 Å². The third-order valence-corrected chi connectivity index (χ3v) is 3.71. The summed E-state index contributed by atoms with van der Waals surface area (Å²) in [5.74, 6) is 0. The summed E-state index contributed by atoms with van der Waals surface area (Å²) in [7, 11) is 0. The lowest BCUT2D eigenvalue weighted by atomic mass is 10.0. The minimum Gasteiger partial charge on any atom is -0.392 e. The van der Waals surface area contributed by atoms with Crippen molar-refractivity contribution in [1.29, 1.82) is 0 Å². The topological polar surface area (TPSA) is 46.2 Å². The predicted molar refractivity (Wildman–Crippen MR) is 88.0 cm³/mol. The molecule has 0 radical (unpaired) electrons. The summed E-state index contributed by atoms with van der Waals surface area (Å²) >= 11 is 0. The molecule has 0 amide bonds. The molecular weight excluding hydrogens is 258 g/mol. The normalized spacial score (nSPS) is 13.9. The van der Waals surface area contributed by atoms with Gasteiger partial charge in [0.05, 0.1) is 6.10 Å². The van der Waals surface area contributed by atoms with Crippen LogP contribution in [0.15, 0.2) is 0 Å². The summed E-state index contributed by atoms with van der Waals surface area (Å²) in [5, 5.41) is 9.54. The average Bonchev–Trinajstić information content (AvgIpc) is 2.35. The minimum absolute atomic E-state index is 0. The van der Waals surface area contributed by atoms with Crippen molar-refractivity contribution < 1.29 is 5.11 Å². The van der Waals surface area contributed by atoms with E-state index in [4.69, 9.17) is 5.73 Å². The number of halogens is 1. The molecule has 0 bridgehead atoms. The predicted octanol–water partition coefficient (Wildman–Crippen LogP) is 4.82.